The van der Waals surface area contributed by atoms with E-state index in [0.29, 0.717) is 12.5 Å². The van der Waals surface area contributed by atoms with Crippen LogP contribution in [0.5, 0.6) is 0 Å². The Hall–Kier alpha value is -1.61. The summed E-state index contributed by atoms with van der Waals surface area (Å²) in [7, 11) is 1.78. The zero-order chi connectivity index (χ0) is 21.1. The molecule has 0 spiro atoms. The summed E-state index contributed by atoms with van der Waals surface area (Å²) in [5.41, 5.74) is 3.62. The summed E-state index contributed by atoms with van der Waals surface area (Å²) in [6.45, 7) is 13.2. The van der Waals surface area contributed by atoms with E-state index in [4.69, 9.17) is 4.52 Å². The van der Waals surface area contributed by atoms with Crippen LogP contribution in [0.2, 0.25) is 0 Å². The van der Waals surface area contributed by atoms with Crippen LogP contribution in [0.4, 0.5) is 0 Å². The Morgan fingerprint density at radius 3 is 2.17 bits per heavy atom. The van der Waals surface area contributed by atoms with Gasteiger partial charge in [0.1, 0.15) is 0 Å². The van der Waals surface area contributed by atoms with Crippen molar-refractivity contribution in [3.63, 3.8) is 0 Å². The van der Waals surface area contributed by atoms with Gasteiger partial charge < -0.3 is 15.2 Å². The van der Waals surface area contributed by atoms with Gasteiger partial charge >= 0.3 is 0 Å². The zero-order valence-electron chi connectivity index (χ0n) is 19.1. The first-order valence-electron chi connectivity index (χ1n) is 10.8. The summed E-state index contributed by atoms with van der Waals surface area (Å²) in [6.07, 6.45) is 2.15. The molecular weight excluding hydrogens is 489 g/mol. The van der Waals surface area contributed by atoms with Crippen molar-refractivity contribution < 1.29 is 4.52 Å². The van der Waals surface area contributed by atoms with Gasteiger partial charge in [-0.05, 0) is 37.1 Å². The standard InChI is InChI=1S/C23H37N5O.HI/c1-6-20(7-2)22-14-21(29-27-22)16-26-23(24-5)25-15-18-10-12-19(13-11-18)17-28(8-3)9-4;/h10-14,20H,6-9,15-17H2,1-5H3,(H2,24,25,26);1H. The second kappa shape index (κ2) is 14.4. The second-order valence-electron chi connectivity index (χ2n) is 7.29. The lowest BCUT2D eigenvalue weighted by atomic mass is 9.99. The van der Waals surface area contributed by atoms with E-state index >= 15 is 0 Å². The van der Waals surface area contributed by atoms with Crippen molar-refractivity contribution in [2.45, 2.75) is 66.1 Å². The number of aliphatic imine (C=N–C) groups is 1. The molecular formula is C23H38IN5O. The molecule has 168 valence electrons. The van der Waals surface area contributed by atoms with Crippen LogP contribution < -0.4 is 10.6 Å². The molecule has 0 saturated heterocycles. The summed E-state index contributed by atoms with van der Waals surface area (Å²) in [5.74, 6) is 2.04. The average Bonchev–Trinajstić information content (AvgIpc) is 3.22. The third kappa shape index (κ3) is 8.26. The Morgan fingerprint density at radius 1 is 1.00 bits per heavy atom. The molecule has 0 saturated carbocycles. The van der Waals surface area contributed by atoms with E-state index in [-0.39, 0.29) is 24.0 Å². The monoisotopic (exact) mass is 527 g/mol. The molecule has 1 aromatic carbocycles. The first-order chi connectivity index (χ1) is 14.1. The SMILES string of the molecule is CCC(CC)c1cc(CNC(=NC)NCc2ccc(CN(CC)CC)cc2)on1.I. The highest BCUT2D eigenvalue weighted by atomic mass is 127. The first kappa shape index (κ1) is 26.4. The Kier molecular flexibility index (Phi) is 12.7. The number of hydrogen-bond acceptors (Lipinski definition) is 4. The Morgan fingerprint density at radius 2 is 1.60 bits per heavy atom. The summed E-state index contributed by atoms with van der Waals surface area (Å²) >= 11 is 0. The Labute approximate surface area is 198 Å². The van der Waals surface area contributed by atoms with Crippen LogP contribution in [0.25, 0.3) is 0 Å². The van der Waals surface area contributed by atoms with Gasteiger partial charge in [-0.1, -0.05) is 57.1 Å². The first-order valence-corrected chi connectivity index (χ1v) is 10.8. The molecule has 0 amide bonds. The summed E-state index contributed by atoms with van der Waals surface area (Å²) in [4.78, 5) is 6.71. The lowest BCUT2D eigenvalue weighted by Crippen LogP contribution is -2.36. The fraction of sp³-hybridized carbons (Fsp3) is 0.565. The maximum absolute atomic E-state index is 5.47. The van der Waals surface area contributed by atoms with Crippen LogP contribution in [-0.2, 0) is 19.6 Å². The lowest BCUT2D eigenvalue weighted by Gasteiger charge is -2.18. The lowest BCUT2D eigenvalue weighted by molar-refractivity contribution is 0.296. The predicted octanol–water partition coefficient (Wildman–Crippen LogP) is 4.90. The molecule has 1 aromatic heterocycles. The fourth-order valence-electron chi connectivity index (χ4n) is 3.36. The number of nitrogens with zero attached hydrogens (tertiary/aromatic N) is 3. The van der Waals surface area contributed by atoms with Crippen LogP contribution in [0.15, 0.2) is 39.8 Å². The van der Waals surface area contributed by atoms with Gasteiger partial charge in [0.05, 0.1) is 12.2 Å². The van der Waals surface area contributed by atoms with Crippen molar-refractivity contribution in [1.29, 1.82) is 0 Å². The normalized spacial score (nSPS) is 11.6. The van der Waals surface area contributed by atoms with E-state index in [2.05, 4.69) is 77.6 Å². The van der Waals surface area contributed by atoms with E-state index in [0.717, 1.165) is 56.4 Å². The van der Waals surface area contributed by atoms with Crippen molar-refractivity contribution >= 4 is 29.9 Å². The minimum Gasteiger partial charge on any atom is -0.359 e. The molecule has 0 bridgehead atoms. The Bertz CT molecular complexity index is 736. The summed E-state index contributed by atoms with van der Waals surface area (Å²) in [5, 5.41) is 10.9. The average molecular weight is 527 g/mol. The molecule has 30 heavy (non-hydrogen) atoms. The van der Waals surface area contributed by atoms with Crippen LogP contribution in [0, 0.1) is 0 Å². The van der Waals surface area contributed by atoms with Gasteiger partial charge in [0.15, 0.2) is 11.7 Å². The minimum atomic E-state index is 0. The predicted molar refractivity (Wildman–Crippen MR) is 135 cm³/mol. The van der Waals surface area contributed by atoms with Crippen LogP contribution in [-0.4, -0.2) is 36.2 Å². The van der Waals surface area contributed by atoms with Gasteiger partial charge in [-0.3, -0.25) is 9.89 Å². The van der Waals surface area contributed by atoms with Crippen molar-refractivity contribution in [3.05, 3.63) is 52.9 Å². The maximum Gasteiger partial charge on any atom is 0.191 e. The number of halogens is 1. The topological polar surface area (TPSA) is 65.7 Å². The summed E-state index contributed by atoms with van der Waals surface area (Å²) in [6, 6.07) is 10.8. The molecule has 2 rings (SSSR count). The Balaban J connectivity index is 0.00000450. The third-order valence-electron chi connectivity index (χ3n) is 5.42. The number of hydrogen-bond donors (Lipinski definition) is 2. The van der Waals surface area contributed by atoms with Crippen LogP contribution in [0.1, 0.15) is 69.0 Å². The van der Waals surface area contributed by atoms with E-state index in [1.165, 1.54) is 11.1 Å². The maximum atomic E-state index is 5.47. The molecule has 6 nitrogen and oxygen atoms in total. The molecule has 0 atom stereocenters. The van der Waals surface area contributed by atoms with Crippen LogP contribution >= 0.6 is 24.0 Å². The second-order valence-corrected chi connectivity index (χ2v) is 7.29. The van der Waals surface area contributed by atoms with Crippen molar-refractivity contribution in [3.8, 4) is 0 Å². The van der Waals surface area contributed by atoms with E-state index in [9.17, 15) is 0 Å². The van der Waals surface area contributed by atoms with Gasteiger partial charge in [-0.15, -0.1) is 24.0 Å². The number of nitrogens with one attached hydrogen (secondary N) is 2. The highest BCUT2D eigenvalue weighted by Crippen LogP contribution is 2.22. The fourth-order valence-corrected chi connectivity index (χ4v) is 3.36. The quantitative estimate of drug-likeness (QED) is 0.247. The third-order valence-corrected chi connectivity index (χ3v) is 5.42. The minimum absolute atomic E-state index is 0. The molecule has 7 heteroatoms. The molecule has 0 aliphatic heterocycles. The molecule has 0 radical (unpaired) electrons. The van der Waals surface area contributed by atoms with Crippen molar-refractivity contribution in [1.82, 2.24) is 20.7 Å². The van der Waals surface area contributed by atoms with Crippen molar-refractivity contribution in [2.75, 3.05) is 20.1 Å². The highest BCUT2D eigenvalue weighted by molar-refractivity contribution is 14.0. The molecule has 0 fully saturated rings. The van der Waals surface area contributed by atoms with Crippen LogP contribution in [0.3, 0.4) is 0 Å². The molecule has 0 aliphatic carbocycles. The molecule has 0 unspecified atom stereocenters. The largest absolute Gasteiger partial charge is 0.359 e. The van der Waals surface area contributed by atoms with E-state index < -0.39 is 0 Å². The van der Waals surface area contributed by atoms with Gasteiger partial charge in [0.25, 0.3) is 0 Å². The molecule has 1 heterocycles. The van der Waals surface area contributed by atoms with Gasteiger partial charge in [-0.25, -0.2) is 0 Å². The van der Waals surface area contributed by atoms with E-state index in [1.807, 2.05) is 6.07 Å². The number of guanidine groups is 1. The van der Waals surface area contributed by atoms with Gasteiger partial charge in [-0.2, -0.15) is 0 Å². The number of rotatable bonds is 11. The molecule has 2 N–H and O–H groups in total. The smallest absolute Gasteiger partial charge is 0.191 e. The highest BCUT2D eigenvalue weighted by Gasteiger charge is 2.13. The summed E-state index contributed by atoms with van der Waals surface area (Å²) < 4.78 is 5.47. The van der Waals surface area contributed by atoms with E-state index in [1.54, 1.807) is 7.05 Å². The van der Waals surface area contributed by atoms with Gasteiger partial charge in [0.2, 0.25) is 0 Å². The number of aromatic nitrogens is 1. The van der Waals surface area contributed by atoms with Crippen molar-refractivity contribution in [2.24, 2.45) is 4.99 Å². The molecule has 2 aromatic rings. The van der Waals surface area contributed by atoms with Gasteiger partial charge in [0, 0.05) is 32.1 Å². The number of benzene rings is 1. The zero-order valence-corrected chi connectivity index (χ0v) is 21.4. The molecule has 0 aliphatic rings.